The van der Waals surface area contributed by atoms with Crippen LogP contribution in [0.1, 0.15) is 28.5 Å². The first-order valence-electron chi connectivity index (χ1n) is 9.38. The number of fused-ring (bicyclic) bond motifs is 1. The highest BCUT2D eigenvalue weighted by Crippen LogP contribution is 2.21. The van der Waals surface area contributed by atoms with E-state index in [-0.39, 0.29) is 29.6 Å². The van der Waals surface area contributed by atoms with Crippen molar-refractivity contribution in [3.63, 3.8) is 0 Å². The SMILES string of the molecule is CCOC(=O)c1cc(S(=O)(=O)N(C)CC(=O)N2CCc3ccccc3C2)cn1C. The van der Waals surface area contributed by atoms with E-state index in [1.165, 1.54) is 29.4 Å². The van der Waals surface area contributed by atoms with Gasteiger partial charge in [-0.3, -0.25) is 4.79 Å². The largest absolute Gasteiger partial charge is 0.461 e. The number of carbonyl (C=O) groups excluding carboxylic acids is 2. The van der Waals surface area contributed by atoms with E-state index in [0.717, 1.165) is 16.3 Å². The molecule has 1 aromatic carbocycles. The Balaban J connectivity index is 1.71. The van der Waals surface area contributed by atoms with Gasteiger partial charge in [0.25, 0.3) is 0 Å². The minimum Gasteiger partial charge on any atom is -0.461 e. The average Bonchev–Trinajstić information content (AvgIpc) is 3.10. The Hall–Kier alpha value is -2.65. The molecule has 0 unspecified atom stereocenters. The molecular weight excluding hydrogens is 394 g/mol. The van der Waals surface area contributed by atoms with E-state index in [9.17, 15) is 18.0 Å². The summed E-state index contributed by atoms with van der Waals surface area (Å²) in [6.07, 6.45) is 2.10. The van der Waals surface area contributed by atoms with Crippen LogP contribution in [0.2, 0.25) is 0 Å². The molecule has 0 fully saturated rings. The van der Waals surface area contributed by atoms with E-state index in [4.69, 9.17) is 4.74 Å². The van der Waals surface area contributed by atoms with Gasteiger partial charge in [-0.15, -0.1) is 0 Å². The second kappa shape index (κ2) is 8.38. The van der Waals surface area contributed by atoms with Crippen LogP contribution in [0.3, 0.4) is 0 Å². The number of carbonyl (C=O) groups is 2. The van der Waals surface area contributed by atoms with Crippen LogP contribution in [0.15, 0.2) is 41.4 Å². The van der Waals surface area contributed by atoms with Gasteiger partial charge in [-0.05, 0) is 30.5 Å². The minimum atomic E-state index is -3.93. The maximum absolute atomic E-state index is 12.9. The first-order chi connectivity index (χ1) is 13.7. The van der Waals surface area contributed by atoms with E-state index < -0.39 is 16.0 Å². The molecule has 0 saturated carbocycles. The number of aromatic nitrogens is 1. The number of benzene rings is 1. The monoisotopic (exact) mass is 419 g/mol. The second-order valence-electron chi connectivity index (χ2n) is 6.99. The van der Waals surface area contributed by atoms with Crippen LogP contribution in [0.5, 0.6) is 0 Å². The van der Waals surface area contributed by atoms with Gasteiger partial charge in [0.05, 0.1) is 13.2 Å². The molecule has 29 heavy (non-hydrogen) atoms. The molecule has 2 aromatic rings. The van der Waals surface area contributed by atoms with Gasteiger partial charge in [-0.1, -0.05) is 24.3 Å². The molecule has 0 spiro atoms. The Morgan fingerprint density at radius 1 is 1.21 bits per heavy atom. The molecule has 1 aliphatic rings. The lowest BCUT2D eigenvalue weighted by molar-refractivity contribution is -0.132. The molecule has 0 radical (unpaired) electrons. The molecular formula is C20H25N3O5S. The summed E-state index contributed by atoms with van der Waals surface area (Å²) in [6.45, 7) is 2.63. The summed E-state index contributed by atoms with van der Waals surface area (Å²) < 4.78 is 33.1. The van der Waals surface area contributed by atoms with Crippen molar-refractivity contribution in [3.05, 3.63) is 53.3 Å². The highest BCUT2D eigenvalue weighted by Gasteiger charge is 2.29. The van der Waals surface area contributed by atoms with Crippen molar-refractivity contribution in [2.24, 2.45) is 7.05 Å². The van der Waals surface area contributed by atoms with Crippen LogP contribution in [-0.2, 0) is 39.6 Å². The summed E-state index contributed by atoms with van der Waals surface area (Å²) in [5.74, 6) is -0.853. The van der Waals surface area contributed by atoms with Crippen molar-refractivity contribution >= 4 is 21.9 Å². The van der Waals surface area contributed by atoms with E-state index in [2.05, 4.69) is 0 Å². The Bertz CT molecular complexity index is 1030. The Morgan fingerprint density at radius 2 is 1.90 bits per heavy atom. The van der Waals surface area contributed by atoms with Crippen LogP contribution in [0, 0.1) is 0 Å². The molecule has 156 valence electrons. The molecule has 3 rings (SSSR count). The first kappa shape index (κ1) is 21.1. The molecule has 0 N–H and O–H groups in total. The number of rotatable bonds is 6. The molecule has 1 amide bonds. The standard InChI is InChI=1S/C20H25N3O5S/c1-4-28-20(25)18-11-17(13-21(18)2)29(26,27)22(3)14-19(24)23-10-9-15-7-5-6-8-16(15)12-23/h5-8,11,13H,4,9-10,12,14H2,1-3H3. The molecule has 0 saturated heterocycles. The normalized spacial score (nSPS) is 14.0. The number of nitrogens with zero attached hydrogens (tertiary/aromatic N) is 3. The lowest BCUT2D eigenvalue weighted by atomic mass is 10.00. The highest BCUT2D eigenvalue weighted by molar-refractivity contribution is 7.89. The summed E-state index contributed by atoms with van der Waals surface area (Å²) in [5, 5.41) is 0. The third kappa shape index (κ3) is 4.35. The smallest absolute Gasteiger partial charge is 0.354 e. The molecule has 0 atom stereocenters. The fourth-order valence-electron chi connectivity index (χ4n) is 3.35. The Morgan fingerprint density at radius 3 is 2.59 bits per heavy atom. The van der Waals surface area contributed by atoms with Gasteiger partial charge in [0.2, 0.25) is 15.9 Å². The number of likely N-dealkylation sites (N-methyl/N-ethyl adjacent to an activating group) is 1. The van der Waals surface area contributed by atoms with Gasteiger partial charge in [0, 0.05) is 33.4 Å². The van der Waals surface area contributed by atoms with E-state index in [1.807, 2.05) is 24.3 Å². The lowest BCUT2D eigenvalue weighted by Crippen LogP contribution is -2.43. The van der Waals surface area contributed by atoms with Gasteiger partial charge in [0.1, 0.15) is 10.6 Å². The maximum Gasteiger partial charge on any atom is 0.354 e. The first-order valence-corrected chi connectivity index (χ1v) is 10.8. The third-order valence-electron chi connectivity index (χ3n) is 5.01. The maximum atomic E-state index is 12.9. The molecule has 1 aliphatic heterocycles. The molecule has 0 bridgehead atoms. The number of hydrogen-bond donors (Lipinski definition) is 0. The third-order valence-corrected chi connectivity index (χ3v) is 6.78. The Labute approximate surface area is 170 Å². The fourth-order valence-corrected chi connectivity index (χ4v) is 4.54. The van der Waals surface area contributed by atoms with E-state index in [1.54, 1.807) is 18.9 Å². The topological polar surface area (TPSA) is 88.9 Å². The quantitative estimate of drug-likeness (QED) is 0.661. The summed E-state index contributed by atoms with van der Waals surface area (Å²) >= 11 is 0. The van der Waals surface area contributed by atoms with Gasteiger partial charge in [0.15, 0.2) is 0 Å². The van der Waals surface area contributed by atoms with Crippen LogP contribution in [0.25, 0.3) is 0 Å². The summed E-state index contributed by atoms with van der Waals surface area (Å²) in [4.78, 5) is 26.3. The zero-order valence-electron chi connectivity index (χ0n) is 16.8. The number of amides is 1. The van der Waals surface area contributed by atoms with Crippen molar-refractivity contribution in [1.29, 1.82) is 0 Å². The van der Waals surface area contributed by atoms with Gasteiger partial charge in [-0.2, -0.15) is 4.31 Å². The predicted molar refractivity (Wildman–Crippen MR) is 107 cm³/mol. The minimum absolute atomic E-state index is 0.0534. The number of sulfonamides is 1. The molecule has 2 heterocycles. The van der Waals surface area contributed by atoms with E-state index in [0.29, 0.717) is 13.1 Å². The second-order valence-corrected chi connectivity index (χ2v) is 9.03. The van der Waals surface area contributed by atoms with Crippen LogP contribution >= 0.6 is 0 Å². The van der Waals surface area contributed by atoms with Crippen LogP contribution in [-0.4, -0.2) is 60.8 Å². The zero-order valence-corrected chi connectivity index (χ0v) is 17.6. The molecule has 8 nitrogen and oxygen atoms in total. The van der Waals surface area contributed by atoms with E-state index >= 15 is 0 Å². The van der Waals surface area contributed by atoms with Gasteiger partial charge in [-0.25, -0.2) is 13.2 Å². The summed E-state index contributed by atoms with van der Waals surface area (Å²) in [6, 6.07) is 9.20. The number of esters is 1. The lowest BCUT2D eigenvalue weighted by Gasteiger charge is -2.30. The van der Waals surface area contributed by atoms with Crippen molar-refractivity contribution in [2.75, 3.05) is 26.7 Å². The number of hydrogen-bond acceptors (Lipinski definition) is 5. The van der Waals surface area contributed by atoms with Crippen LogP contribution < -0.4 is 0 Å². The number of ether oxygens (including phenoxy) is 1. The average molecular weight is 420 g/mol. The van der Waals surface area contributed by atoms with Crippen molar-refractivity contribution < 1.29 is 22.7 Å². The number of aryl methyl sites for hydroxylation is 1. The van der Waals surface area contributed by atoms with Gasteiger partial charge >= 0.3 is 5.97 Å². The zero-order chi connectivity index (χ0) is 21.2. The molecule has 0 aliphatic carbocycles. The van der Waals surface area contributed by atoms with Crippen LogP contribution in [0.4, 0.5) is 0 Å². The predicted octanol–water partition coefficient (Wildman–Crippen LogP) is 1.41. The van der Waals surface area contributed by atoms with Crippen molar-refractivity contribution in [3.8, 4) is 0 Å². The Kier molecular flexibility index (Phi) is 6.09. The fraction of sp³-hybridized carbons (Fsp3) is 0.400. The van der Waals surface area contributed by atoms with Crippen molar-refractivity contribution in [2.45, 2.75) is 24.8 Å². The molecule has 9 heteroatoms. The van der Waals surface area contributed by atoms with Gasteiger partial charge < -0.3 is 14.2 Å². The summed E-state index contributed by atoms with van der Waals surface area (Å²) in [5.41, 5.74) is 2.44. The molecule has 1 aromatic heterocycles. The highest BCUT2D eigenvalue weighted by atomic mass is 32.2. The van der Waals surface area contributed by atoms with Crippen molar-refractivity contribution in [1.82, 2.24) is 13.8 Å². The summed E-state index contributed by atoms with van der Waals surface area (Å²) in [7, 11) is -0.992.